The Morgan fingerprint density at radius 2 is 2.29 bits per heavy atom. The van der Waals surface area contributed by atoms with Gasteiger partial charge in [-0.05, 0) is 18.5 Å². The molecule has 0 aliphatic rings. The summed E-state index contributed by atoms with van der Waals surface area (Å²) in [5, 5.41) is 3.41. The van der Waals surface area contributed by atoms with Crippen molar-refractivity contribution in [2.45, 2.75) is 13.3 Å². The van der Waals surface area contributed by atoms with Crippen molar-refractivity contribution in [3.05, 3.63) is 16.5 Å². The monoisotopic (exact) mass is 233 g/mol. The number of rotatable bonds is 4. The summed E-state index contributed by atoms with van der Waals surface area (Å²) in [6.07, 6.45) is 1.84. The Hall–Kier alpha value is -0.870. The third kappa shape index (κ3) is 3.47. The predicted octanol–water partition coefficient (Wildman–Crippen LogP) is 2.17. The molecule has 1 aromatic heterocycles. The van der Waals surface area contributed by atoms with Gasteiger partial charge in [-0.2, -0.15) is 4.98 Å². The van der Waals surface area contributed by atoms with Crippen LogP contribution in [0.5, 0.6) is 0 Å². The molecule has 14 heavy (non-hydrogen) atoms. The molecule has 0 fully saturated rings. The zero-order valence-electron chi connectivity index (χ0n) is 7.55. The van der Waals surface area contributed by atoms with E-state index in [1.165, 1.54) is 13.1 Å². The van der Waals surface area contributed by atoms with Crippen molar-refractivity contribution in [3.8, 4) is 0 Å². The second-order valence-electron chi connectivity index (χ2n) is 2.71. The molecule has 0 amide bonds. The first kappa shape index (κ1) is 11.2. The fourth-order valence-electron chi connectivity index (χ4n) is 0.827. The van der Waals surface area contributed by atoms with Crippen molar-refractivity contribution in [1.82, 2.24) is 9.97 Å². The zero-order valence-corrected chi connectivity index (χ0v) is 9.06. The summed E-state index contributed by atoms with van der Waals surface area (Å²) < 4.78 is 0. The van der Waals surface area contributed by atoms with E-state index >= 15 is 0 Å². The van der Waals surface area contributed by atoms with E-state index in [1.54, 1.807) is 0 Å². The Balaban J connectivity index is 2.57. The Labute approximate surface area is 91.6 Å². The van der Waals surface area contributed by atoms with Crippen LogP contribution < -0.4 is 5.32 Å². The van der Waals surface area contributed by atoms with Gasteiger partial charge in [-0.1, -0.05) is 11.6 Å². The molecule has 0 aliphatic carbocycles. The molecule has 1 aromatic rings. The van der Waals surface area contributed by atoms with Crippen molar-refractivity contribution in [2.75, 3.05) is 11.9 Å². The Kier molecular flexibility index (Phi) is 4.10. The second-order valence-corrected chi connectivity index (χ2v) is 3.46. The fraction of sp³-hybridized carbons (Fsp3) is 0.375. The van der Waals surface area contributed by atoms with Crippen LogP contribution in [0.2, 0.25) is 10.3 Å². The number of nitrogens with zero attached hydrogens (tertiary/aromatic N) is 2. The molecule has 4 nitrogen and oxygen atoms in total. The van der Waals surface area contributed by atoms with Crippen LogP contribution in [0.3, 0.4) is 0 Å². The van der Waals surface area contributed by atoms with Gasteiger partial charge in [0.2, 0.25) is 5.28 Å². The van der Waals surface area contributed by atoms with Gasteiger partial charge in [-0.25, -0.2) is 4.98 Å². The number of anilines is 1. The predicted molar refractivity (Wildman–Crippen MR) is 55.8 cm³/mol. The van der Waals surface area contributed by atoms with Gasteiger partial charge >= 0.3 is 0 Å². The summed E-state index contributed by atoms with van der Waals surface area (Å²) in [5.74, 6) is 0.557. The molecule has 0 unspecified atom stereocenters. The largest absolute Gasteiger partial charge is 0.368 e. The number of nitrogens with one attached hydrogen (secondary N) is 1. The lowest BCUT2D eigenvalue weighted by Gasteiger charge is -2.05. The van der Waals surface area contributed by atoms with Crippen LogP contribution in [-0.4, -0.2) is 22.3 Å². The van der Waals surface area contributed by atoms with E-state index in [4.69, 9.17) is 23.2 Å². The number of Topliss-reactive ketones (excluding diaryl/α,β-unsaturated/α-hetero) is 1. The number of hydrogen-bond acceptors (Lipinski definition) is 4. The smallest absolute Gasteiger partial charge is 0.224 e. The van der Waals surface area contributed by atoms with Crippen molar-refractivity contribution in [2.24, 2.45) is 0 Å². The molecule has 1 heterocycles. The Morgan fingerprint density at radius 1 is 1.57 bits per heavy atom. The summed E-state index contributed by atoms with van der Waals surface area (Å²) in [6.45, 7) is 2.01. The van der Waals surface area contributed by atoms with E-state index in [0.717, 1.165) is 0 Å². The molecule has 0 bridgehead atoms. The molecule has 0 spiro atoms. The highest BCUT2D eigenvalue weighted by Gasteiger charge is 2.03. The minimum absolute atomic E-state index is 0.105. The lowest BCUT2D eigenvalue weighted by Crippen LogP contribution is -2.07. The highest BCUT2D eigenvalue weighted by molar-refractivity contribution is 6.33. The van der Waals surface area contributed by atoms with Gasteiger partial charge in [-0.15, -0.1) is 0 Å². The first-order valence-electron chi connectivity index (χ1n) is 4.01. The van der Waals surface area contributed by atoms with Crippen LogP contribution in [-0.2, 0) is 4.79 Å². The Bertz CT molecular complexity index is 343. The van der Waals surface area contributed by atoms with Crippen LogP contribution in [0.4, 0.5) is 5.82 Å². The van der Waals surface area contributed by atoms with E-state index in [1.807, 2.05) is 0 Å². The van der Waals surface area contributed by atoms with Gasteiger partial charge in [0.15, 0.2) is 0 Å². The maximum absolute atomic E-state index is 10.7. The lowest BCUT2D eigenvalue weighted by molar-refractivity contribution is -0.116. The van der Waals surface area contributed by atoms with E-state index in [-0.39, 0.29) is 11.1 Å². The van der Waals surface area contributed by atoms with Gasteiger partial charge < -0.3 is 5.32 Å². The highest BCUT2D eigenvalue weighted by Crippen LogP contribution is 2.18. The number of aromatic nitrogens is 2. The molecule has 0 atom stereocenters. The van der Waals surface area contributed by atoms with Crippen LogP contribution >= 0.6 is 23.2 Å². The summed E-state index contributed by atoms with van der Waals surface area (Å²) in [7, 11) is 0. The summed E-state index contributed by atoms with van der Waals surface area (Å²) in [6, 6.07) is 0. The van der Waals surface area contributed by atoms with Crippen molar-refractivity contribution in [3.63, 3.8) is 0 Å². The maximum atomic E-state index is 10.7. The van der Waals surface area contributed by atoms with Gasteiger partial charge in [-0.3, -0.25) is 4.79 Å². The first-order chi connectivity index (χ1) is 6.59. The molecule has 0 radical (unpaired) electrons. The fourth-order valence-corrected chi connectivity index (χ4v) is 1.12. The normalized spacial score (nSPS) is 9.93. The lowest BCUT2D eigenvalue weighted by atomic mass is 10.3. The third-order valence-corrected chi connectivity index (χ3v) is 1.94. The van der Waals surface area contributed by atoms with Crippen LogP contribution in [0.15, 0.2) is 6.20 Å². The van der Waals surface area contributed by atoms with E-state index < -0.39 is 0 Å². The number of halogens is 2. The van der Waals surface area contributed by atoms with E-state index in [2.05, 4.69) is 15.3 Å². The quantitative estimate of drug-likeness (QED) is 0.811. The molecule has 0 saturated heterocycles. The molecular formula is C8H9Cl2N3O. The van der Waals surface area contributed by atoms with Gasteiger partial charge in [0, 0.05) is 13.0 Å². The van der Waals surface area contributed by atoms with Gasteiger partial charge in [0.1, 0.15) is 16.6 Å². The molecular weight excluding hydrogens is 225 g/mol. The molecule has 0 saturated carbocycles. The zero-order chi connectivity index (χ0) is 10.6. The molecule has 0 aromatic carbocycles. The topological polar surface area (TPSA) is 54.9 Å². The molecule has 0 aliphatic heterocycles. The van der Waals surface area contributed by atoms with Gasteiger partial charge in [0.05, 0.1) is 6.20 Å². The minimum Gasteiger partial charge on any atom is -0.368 e. The van der Waals surface area contributed by atoms with E-state index in [9.17, 15) is 4.79 Å². The van der Waals surface area contributed by atoms with Gasteiger partial charge in [0.25, 0.3) is 0 Å². The van der Waals surface area contributed by atoms with Crippen LogP contribution in [0.25, 0.3) is 0 Å². The first-order valence-corrected chi connectivity index (χ1v) is 4.76. The second kappa shape index (κ2) is 5.12. The standard InChI is InChI=1S/C8H9Cl2N3O/c1-5(14)2-3-11-7-6(9)4-12-8(10)13-7/h4H,2-3H2,1H3,(H,11,12,13). The average molecular weight is 234 g/mol. The number of carbonyl (C=O) groups is 1. The molecule has 76 valence electrons. The Morgan fingerprint density at radius 3 is 2.93 bits per heavy atom. The number of carbonyl (C=O) groups excluding carboxylic acids is 1. The number of hydrogen-bond donors (Lipinski definition) is 1. The summed E-state index contributed by atoms with van der Waals surface area (Å²) in [5.41, 5.74) is 0. The number of ketones is 1. The van der Waals surface area contributed by atoms with Crippen molar-refractivity contribution < 1.29 is 4.79 Å². The maximum Gasteiger partial charge on any atom is 0.224 e. The summed E-state index contributed by atoms with van der Waals surface area (Å²) in [4.78, 5) is 18.2. The van der Waals surface area contributed by atoms with E-state index in [0.29, 0.717) is 23.8 Å². The van der Waals surface area contributed by atoms with Crippen LogP contribution in [0.1, 0.15) is 13.3 Å². The molecule has 1 rings (SSSR count). The third-order valence-electron chi connectivity index (χ3n) is 1.48. The van der Waals surface area contributed by atoms with Crippen LogP contribution in [0, 0.1) is 0 Å². The van der Waals surface area contributed by atoms with Crippen molar-refractivity contribution in [1.29, 1.82) is 0 Å². The SMILES string of the molecule is CC(=O)CCNc1nc(Cl)ncc1Cl. The molecule has 1 N–H and O–H groups in total. The average Bonchev–Trinajstić information content (AvgIpc) is 2.10. The molecule has 6 heteroatoms. The minimum atomic E-state index is 0.105. The van der Waals surface area contributed by atoms with Crippen molar-refractivity contribution >= 4 is 34.8 Å². The highest BCUT2D eigenvalue weighted by atomic mass is 35.5. The summed E-state index contributed by atoms with van der Waals surface area (Å²) >= 11 is 11.4.